The Kier molecular flexibility index (Phi) is 11.3. The van der Waals surface area contributed by atoms with Crippen molar-refractivity contribution in [2.75, 3.05) is 20.8 Å². The second kappa shape index (κ2) is 14.2. The van der Waals surface area contributed by atoms with E-state index in [9.17, 15) is 24.0 Å². The molecular formula is C27H35NO9. The number of aromatic nitrogens is 1. The standard InChI is InChI=1S/C27H35NO9/c1-6-9-11-20(26(32)35-5)28-19-12-13-22(29)24(37-17(10-7-2)14-25(31)34-4)15-18(19)23(30)16-21(28)27(33)36-8-3/h12-13,15-17,20H,6-11,14H2,1-5H3. The SMILES string of the molecule is CCCCC(C(=O)OC)n1c(C(=O)OCC)cc(=O)c2cc(OC(CCC)CC(=O)OC)c(=O)ccc21. The minimum Gasteiger partial charge on any atom is -0.486 e. The van der Waals surface area contributed by atoms with Crippen LogP contribution in [0.15, 0.2) is 33.9 Å². The maximum Gasteiger partial charge on any atom is 0.355 e. The molecule has 0 amide bonds. The van der Waals surface area contributed by atoms with Crippen molar-refractivity contribution in [1.29, 1.82) is 0 Å². The van der Waals surface area contributed by atoms with Gasteiger partial charge in [-0.25, -0.2) is 9.59 Å². The molecule has 0 fully saturated rings. The molecule has 0 aliphatic rings. The number of esters is 3. The smallest absolute Gasteiger partial charge is 0.355 e. The van der Waals surface area contributed by atoms with Crippen LogP contribution in [-0.4, -0.2) is 49.4 Å². The van der Waals surface area contributed by atoms with Crippen LogP contribution >= 0.6 is 0 Å². The van der Waals surface area contributed by atoms with Gasteiger partial charge >= 0.3 is 17.9 Å². The lowest BCUT2D eigenvalue weighted by molar-refractivity contribution is -0.145. The number of methoxy groups -OCH3 is 2. The molecule has 0 radical (unpaired) electrons. The topological polar surface area (TPSA) is 127 Å². The van der Waals surface area contributed by atoms with E-state index in [2.05, 4.69) is 0 Å². The Hall–Kier alpha value is -3.69. The van der Waals surface area contributed by atoms with E-state index >= 15 is 0 Å². The minimum atomic E-state index is -0.943. The van der Waals surface area contributed by atoms with Crippen LogP contribution in [0.2, 0.25) is 0 Å². The van der Waals surface area contributed by atoms with E-state index in [1.54, 1.807) is 6.92 Å². The van der Waals surface area contributed by atoms with E-state index in [0.717, 1.165) is 12.5 Å². The lowest BCUT2D eigenvalue weighted by Crippen LogP contribution is -2.28. The summed E-state index contributed by atoms with van der Waals surface area (Å²) in [4.78, 5) is 63.7. The molecule has 202 valence electrons. The summed E-state index contributed by atoms with van der Waals surface area (Å²) in [6.07, 6.45) is 2.19. The van der Waals surface area contributed by atoms with E-state index in [-0.39, 0.29) is 35.4 Å². The van der Waals surface area contributed by atoms with Gasteiger partial charge in [0.25, 0.3) is 0 Å². The summed E-state index contributed by atoms with van der Waals surface area (Å²) in [5.41, 5.74) is -1.04. The molecule has 2 unspecified atom stereocenters. The average molecular weight is 518 g/mol. The fourth-order valence-electron chi connectivity index (χ4n) is 4.06. The highest BCUT2D eigenvalue weighted by Crippen LogP contribution is 2.26. The zero-order chi connectivity index (χ0) is 27.5. The van der Waals surface area contributed by atoms with Gasteiger partial charge in [0.2, 0.25) is 5.43 Å². The van der Waals surface area contributed by atoms with Crippen molar-refractivity contribution in [1.82, 2.24) is 4.57 Å². The molecule has 0 aliphatic carbocycles. The Morgan fingerprint density at radius 3 is 2.24 bits per heavy atom. The molecule has 0 saturated heterocycles. The van der Waals surface area contributed by atoms with Crippen LogP contribution in [-0.2, 0) is 23.8 Å². The number of pyridine rings is 1. The first-order valence-corrected chi connectivity index (χ1v) is 12.4. The van der Waals surface area contributed by atoms with Crippen LogP contribution in [0.4, 0.5) is 0 Å². The van der Waals surface area contributed by atoms with Crippen molar-refractivity contribution in [2.45, 2.75) is 71.4 Å². The fourth-order valence-corrected chi connectivity index (χ4v) is 4.06. The lowest BCUT2D eigenvalue weighted by Gasteiger charge is -2.23. The third-order valence-electron chi connectivity index (χ3n) is 5.87. The molecule has 0 bridgehead atoms. The Morgan fingerprint density at radius 2 is 1.65 bits per heavy atom. The predicted molar refractivity (Wildman–Crippen MR) is 137 cm³/mol. The molecule has 10 heteroatoms. The zero-order valence-corrected chi connectivity index (χ0v) is 22.0. The average Bonchev–Trinajstić information content (AvgIpc) is 3.04. The summed E-state index contributed by atoms with van der Waals surface area (Å²) in [5.74, 6) is -2.00. The Bertz CT molecular complexity index is 1230. The molecule has 0 spiro atoms. The number of hydrogen-bond donors (Lipinski definition) is 0. The molecule has 0 aliphatic heterocycles. The maximum absolute atomic E-state index is 13.2. The van der Waals surface area contributed by atoms with Crippen LogP contribution < -0.4 is 15.6 Å². The molecule has 0 N–H and O–H groups in total. The van der Waals surface area contributed by atoms with Gasteiger partial charge in [0.15, 0.2) is 11.2 Å². The Morgan fingerprint density at radius 1 is 0.919 bits per heavy atom. The van der Waals surface area contributed by atoms with Crippen LogP contribution in [0.1, 0.15) is 75.8 Å². The van der Waals surface area contributed by atoms with Crippen LogP contribution in [0.3, 0.4) is 0 Å². The second-order valence-corrected chi connectivity index (χ2v) is 8.48. The van der Waals surface area contributed by atoms with Crippen LogP contribution in [0.25, 0.3) is 10.9 Å². The highest BCUT2D eigenvalue weighted by molar-refractivity contribution is 5.93. The molecule has 37 heavy (non-hydrogen) atoms. The minimum absolute atomic E-state index is 0.0591. The molecule has 1 heterocycles. The summed E-state index contributed by atoms with van der Waals surface area (Å²) in [7, 11) is 2.51. The molecule has 0 saturated carbocycles. The molecule has 2 atom stereocenters. The summed E-state index contributed by atoms with van der Waals surface area (Å²) in [6, 6.07) is 4.03. The largest absolute Gasteiger partial charge is 0.486 e. The normalized spacial score (nSPS) is 12.5. The Labute approximate surface area is 215 Å². The van der Waals surface area contributed by atoms with Crippen molar-refractivity contribution in [3.05, 3.63) is 50.4 Å². The van der Waals surface area contributed by atoms with Gasteiger partial charge in [0.1, 0.15) is 17.8 Å². The monoisotopic (exact) mass is 517 g/mol. The maximum atomic E-state index is 13.2. The first kappa shape index (κ1) is 29.5. The molecule has 1 aromatic heterocycles. The Balaban J connectivity index is 2.85. The predicted octanol–water partition coefficient (Wildman–Crippen LogP) is 3.55. The van der Waals surface area contributed by atoms with Gasteiger partial charge in [0.05, 0.1) is 32.8 Å². The van der Waals surface area contributed by atoms with Gasteiger partial charge in [0, 0.05) is 11.5 Å². The van der Waals surface area contributed by atoms with Gasteiger partial charge in [-0.3, -0.25) is 14.4 Å². The van der Waals surface area contributed by atoms with E-state index in [1.807, 2.05) is 13.8 Å². The third-order valence-corrected chi connectivity index (χ3v) is 5.87. The first-order valence-electron chi connectivity index (χ1n) is 12.4. The summed E-state index contributed by atoms with van der Waals surface area (Å²) in [5, 5.41) is 0.0591. The number of hydrogen-bond acceptors (Lipinski definition) is 9. The zero-order valence-electron chi connectivity index (χ0n) is 22.0. The molecule has 2 aromatic rings. The van der Waals surface area contributed by atoms with Crippen molar-refractivity contribution < 1.29 is 33.3 Å². The molecule has 2 rings (SSSR count). The van der Waals surface area contributed by atoms with E-state index in [4.69, 9.17) is 18.9 Å². The molecule has 1 aromatic carbocycles. The lowest BCUT2D eigenvalue weighted by atomic mass is 10.1. The van der Waals surface area contributed by atoms with Crippen molar-refractivity contribution >= 4 is 28.8 Å². The summed E-state index contributed by atoms with van der Waals surface area (Å²) in [6.45, 7) is 5.56. The quantitative estimate of drug-likeness (QED) is 0.289. The number of fused-ring (bicyclic) bond motifs is 1. The van der Waals surface area contributed by atoms with Crippen molar-refractivity contribution in [2.24, 2.45) is 0 Å². The number of carbonyl (C=O) groups excluding carboxylic acids is 3. The van der Waals surface area contributed by atoms with E-state index < -0.39 is 40.9 Å². The van der Waals surface area contributed by atoms with Crippen LogP contribution in [0, 0.1) is 0 Å². The van der Waals surface area contributed by atoms with Gasteiger partial charge in [-0.1, -0.05) is 33.1 Å². The number of nitrogens with zero attached hydrogens (tertiary/aromatic N) is 1. The van der Waals surface area contributed by atoms with Gasteiger partial charge in [-0.05, 0) is 38.0 Å². The summed E-state index contributed by atoms with van der Waals surface area (Å²) < 4.78 is 22.2. The number of ether oxygens (including phenoxy) is 4. The van der Waals surface area contributed by atoms with Gasteiger partial charge < -0.3 is 23.5 Å². The number of unbranched alkanes of at least 4 members (excludes halogenated alkanes) is 1. The van der Waals surface area contributed by atoms with Gasteiger partial charge in [-0.15, -0.1) is 0 Å². The third kappa shape index (κ3) is 7.41. The highest BCUT2D eigenvalue weighted by atomic mass is 16.5. The fraction of sp³-hybridized carbons (Fsp3) is 0.519. The summed E-state index contributed by atoms with van der Waals surface area (Å²) >= 11 is 0. The van der Waals surface area contributed by atoms with Gasteiger partial charge in [-0.2, -0.15) is 0 Å². The second-order valence-electron chi connectivity index (χ2n) is 8.48. The highest BCUT2D eigenvalue weighted by Gasteiger charge is 2.28. The van der Waals surface area contributed by atoms with Crippen molar-refractivity contribution in [3.8, 4) is 5.75 Å². The first-order chi connectivity index (χ1) is 17.7. The van der Waals surface area contributed by atoms with E-state index in [0.29, 0.717) is 25.7 Å². The molecule has 10 nitrogen and oxygen atoms in total. The van der Waals surface area contributed by atoms with Crippen molar-refractivity contribution in [3.63, 3.8) is 0 Å². The number of rotatable bonds is 13. The van der Waals surface area contributed by atoms with E-state index in [1.165, 1.54) is 37.0 Å². The van der Waals surface area contributed by atoms with Crippen LogP contribution in [0.5, 0.6) is 5.75 Å². The molecular weight excluding hydrogens is 482 g/mol. The number of carbonyl (C=O) groups is 3.